The first-order valence-electron chi connectivity index (χ1n) is 6.12. The van der Waals surface area contributed by atoms with Crippen molar-refractivity contribution in [2.45, 2.75) is 12.3 Å². The molecule has 0 radical (unpaired) electrons. The van der Waals surface area contributed by atoms with Gasteiger partial charge in [-0.2, -0.15) is 0 Å². The van der Waals surface area contributed by atoms with Gasteiger partial charge in [0.05, 0.1) is 13.2 Å². The highest BCUT2D eigenvalue weighted by Crippen LogP contribution is 2.16. The zero-order valence-corrected chi connectivity index (χ0v) is 11.0. The van der Waals surface area contributed by atoms with Gasteiger partial charge in [0.2, 0.25) is 0 Å². The van der Waals surface area contributed by atoms with Crippen LogP contribution < -0.4 is 0 Å². The molecule has 1 rings (SSSR count). The molecule has 1 unspecified atom stereocenters. The molecule has 1 atom stereocenters. The zero-order chi connectivity index (χ0) is 13.4. The Morgan fingerprint density at radius 1 is 1.33 bits per heavy atom. The molecule has 4 heteroatoms. The first kappa shape index (κ1) is 14.7. The van der Waals surface area contributed by atoms with Crippen molar-refractivity contribution in [3.8, 4) is 0 Å². The maximum absolute atomic E-state index is 11.8. The Bertz CT molecular complexity index is 351. The normalized spacial score (nSPS) is 12.4. The molecule has 1 N–H and O–H groups in total. The molecule has 0 aliphatic rings. The van der Waals surface area contributed by atoms with Crippen LogP contribution in [0.2, 0.25) is 0 Å². The molecule has 0 aliphatic heterocycles. The molecule has 1 aromatic rings. The number of ether oxygens (including phenoxy) is 1. The highest BCUT2D eigenvalue weighted by atomic mass is 16.5. The number of nitrogens with zero attached hydrogens (tertiary/aromatic N) is 1. The number of aliphatic hydroxyl groups is 1. The van der Waals surface area contributed by atoms with Gasteiger partial charge in [-0.1, -0.05) is 30.3 Å². The summed E-state index contributed by atoms with van der Waals surface area (Å²) < 4.78 is 5.17. The minimum atomic E-state index is -0.578. The van der Waals surface area contributed by atoms with E-state index >= 15 is 0 Å². The first-order chi connectivity index (χ1) is 8.65. The number of esters is 1. The largest absolute Gasteiger partial charge is 0.465 e. The SMILES string of the molecule is CN(C)CCCOC(=O)C(CO)c1ccccc1. The van der Waals surface area contributed by atoms with Gasteiger partial charge in [-0.05, 0) is 26.1 Å². The van der Waals surface area contributed by atoms with Crippen LogP contribution in [0.4, 0.5) is 0 Å². The molecule has 0 aliphatic carbocycles. The Balaban J connectivity index is 2.43. The number of hydrogen-bond acceptors (Lipinski definition) is 4. The average molecular weight is 251 g/mol. The molecule has 0 saturated heterocycles. The summed E-state index contributed by atoms with van der Waals surface area (Å²) in [5, 5.41) is 9.29. The van der Waals surface area contributed by atoms with E-state index in [4.69, 9.17) is 4.74 Å². The smallest absolute Gasteiger partial charge is 0.315 e. The van der Waals surface area contributed by atoms with Gasteiger partial charge in [0.15, 0.2) is 0 Å². The summed E-state index contributed by atoms with van der Waals surface area (Å²) in [5.74, 6) is -0.937. The lowest BCUT2D eigenvalue weighted by Crippen LogP contribution is -2.21. The number of carbonyl (C=O) groups is 1. The minimum Gasteiger partial charge on any atom is -0.465 e. The molecule has 0 amide bonds. The predicted molar refractivity (Wildman–Crippen MR) is 70.4 cm³/mol. The Labute approximate surface area is 108 Å². The van der Waals surface area contributed by atoms with Crippen molar-refractivity contribution in [2.24, 2.45) is 0 Å². The molecule has 0 heterocycles. The second-order valence-corrected chi connectivity index (χ2v) is 4.47. The van der Waals surface area contributed by atoms with Gasteiger partial charge in [-0.15, -0.1) is 0 Å². The van der Waals surface area contributed by atoms with E-state index in [1.54, 1.807) is 0 Å². The van der Waals surface area contributed by atoms with Gasteiger partial charge >= 0.3 is 5.97 Å². The lowest BCUT2D eigenvalue weighted by atomic mass is 10.0. The van der Waals surface area contributed by atoms with Crippen molar-refractivity contribution in [2.75, 3.05) is 33.9 Å². The van der Waals surface area contributed by atoms with E-state index < -0.39 is 5.92 Å². The number of carbonyl (C=O) groups excluding carboxylic acids is 1. The Morgan fingerprint density at radius 2 is 2.00 bits per heavy atom. The quantitative estimate of drug-likeness (QED) is 0.585. The summed E-state index contributed by atoms with van der Waals surface area (Å²) in [6, 6.07) is 9.21. The summed E-state index contributed by atoms with van der Waals surface area (Å²) >= 11 is 0. The van der Waals surface area contributed by atoms with Crippen molar-refractivity contribution in [1.82, 2.24) is 4.90 Å². The molecular weight excluding hydrogens is 230 g/mol. The molecule has 0 bridgehead atoms. The van der Waals surface area contributed by atoms with Crippen LogP contribution in [0.15, 0.2) is 30.3 Å². The average Bonchev–Trinajstić information content (AvgIpc) is 2.36. The summed E-state index contributed by atoms with van der Waals surface area (Å²) in [4.78, 5) is 13.9. The molecule has 0 aromatic heterocycles. The Hall–Kier alpha value is -1.39. The van der Waals surface area contributed by atoms with Crippen LogP contribution in [0.5, 0.6) is 0 Å². The van der Waals surface area contributed by atoms with Crippen LogP contribution in [0, 0.1) is 0 Å². The maximum atomic E-state index is 11.8. The fraction of sp³-hybridized carbons (Fsp3) is 0.500. The number of rotatable bonds is 7. The van der Waals surface area contributed by atoms with Gasteiger partial charge < -0.3 is 14.7 Å². The van der Waals surface area contributed by atoms with Crippen molar-refractivity contribution in [3.63, 3.8) is 0 Å². The van der Waals surface area contributed by atoms with Gasteiger partial charge in [0, 0.05) is 6.54 Å². The lowest BCUT2D eigenvalue weighted by Gasteiger charge is -2.14. The molecule has 1 aromatic carbocycles. The fourth-order valence-electron chi connectivity index (χ4n) is 1.66. The fourth-order valence-corrected chi connectivity index (χ4v) is 1.66. The third-order valence-electron chi connectivity index (χ3n) is 2.66. The standard InChI is InChI=1S/C14H21NO3/c1-15(2)9-6-10-18-14(17)13(11-16)12-7-4-3-5-8-12/h3-5,7-8,13,16H,6,9-11H2,1-2H3. The van der Waals surface area contributed by atoms with Crippen LogP contribution in [0.25, 0.3) is 0 Å². The second kappa shape index (κ2) is 7.84. The second-order valence-electron chi connectivity index (χ2n) is 4.47. The number of hydrogen-bond donors (Lipinski definition) is 1. The third-order valence-corrected chi connectivity index (χ3v) is 2.66. The van der Waals surface area contributed by atoms with Gasteiger partial charge in [-0.3, -0.25) is 4.79 Å². The topological polar surface area (TPSA) is 49.8 Å². The summed E-state index contributed by atoms with van der Waals surface area (Å²) in [6.45, 7) is 1.04. The summed E-state index contributed by atoms with van der Waals surface area (Å²) in [7, 11) is 3.95. The highest BCUT2D eigenvalue weighted by molar-refractivity contribution is 5.78. The van der Waals surface area contributed by atoms with Crippen LogP contribution in [-0.4, -0.2) is 49.8 Å². The van der Waals surface area contributed by atoms with E-state index in [2.05, 4.69) is 0 Å². The lowest BCUT2D eigenvalue weighted by molar-refractivity contribution is -0.146. The number of aliphatic hydroxyl groups excluding tert-OH is 1. The van der Waals surface area contributed by atoms with Gasteiger partial charge in [0.1, 0.15) is 5.92 Å². The van der Waals surface area contributed by atoms with Crippen molar-refractivity contribution >= 4 is 5.97 Å². The van der Waals surface area contributed by atoms with Crippen molar-refractivity contribution in [3.05, 3.63) is 35.9 Å². The Morgan fingerprint density at radius 3 is 2.56 bits per heavy atom. The minimum absolute atomic E-state index is 0.226. The highest BCUT2D eigenvalue weighted by Gasteiger charge is 2.20. The van der Waals surface area contributed by atoms with Crippen LogP contribution in [0.1, 0.15) is 17.9 Å². The van der Waals surface area contributed by atoms with Gasteiger partial charge in [0.25, 0.3) is 0 Å². The van der Waals surface area contributed by atoms with E-state index in [1.807, 2.05) is 49.3 Å². The molecule has 0 saturated carbocycles. The van der Waals surface area contributed by atoms with E-state index in [9.17, 15) is 9.90 Å². The molecule has 18 heavy (non-hydrogen) atoms. The van der Waals surface area contributed by atoms with Crippen molar-refractivity contribution in [1.29, 1.82) is 0 Å². The maximum Gasteiger partial charge on any atom is 0.315 e. The number of benzene rings is 1. The van der Waals surface area contributed by atoms with E-state index in [1.165, 1.54) is 0 Å². The Kier molecular flexibility index (Phi) is 6.39. The van der Waals surface area contributed by atoms with E-state index in [0.717, 1.165) is 18.5 Å². The first-order valence-corrected chi connectivity index (χ1v) is 6.12. The zero-order valence-electron chi connectivity index (χ0n) is 11.0. The third kappa shape index (κ3) is 4.85. The molecule has 4 nitrogen and oxygen atoms in total. The van der Waals surface area contributed by atoms with E-state index in [0.29, 0.717) is 6.61 Å². The predicted octanol–water partition coefficient (Wildman–Crippen LogP) is 1.26. The summed E-state index contributed by atoms with van der Waals surface area (Å²) in [5.41, 5.74) is 0.789. The molecule has 0 fully saturated rings. The summed E-state index contributed by atoms with van der Waals surface area (Å²) in [6.07, 6.45) is 0.797. The van der Waals surface area contributed by atoms with E-state index in [-0.39, 0.29) is 12.6 Å². The monoisotopic (exact) mass is 251 g/mol. The van der Waals surface area contributed by atoms with Crippen LogP contribution >= 0.6 is 0 Å². The van der Waals surface area contributed by atoms with Gasteiger partial charge in [-0.25, -0.2) is 0 Å². The van der Waals surface area contributed by atoms with Crippen LogP contribution in [0.3, 0.4) is 0 Å². The molecule has 0 spiro atoms. The van der Waals surface area contributed by atoms with Crippen molar-refractivity contribution < 1.29 is 14.6 Å². The van der Waals surface area contributed by atoms with Crippen LogP contribution in [-0.2, 0) is 9.53 Å². The molecule has 100 valence electrons. The molecular formula is C14H21NO3.